The second-order valence-corrected chi connectivity index (χ2v) is 5.27. The third-order valence-corrected chi connectivity index (χ3v) is 2.94. The van der Waals surface area contributed by atoms with Gasteiger partial charge >= 0.3 is 5.97 Å². The van der Waals surface area contributed by atoms with Gasteiger partial charge in [0.25, 0.3) is 0 Å². The smallest absolute Gasteiger partial charge is 0.338 e. The van der Waals surface area contributed by atoms with Gasteiger partial charge in [0.1, 0.15) is 0 Å². The molecule has 0 aliphatic carbocycles. The summed E-state index contributed by atoms with van der Waals surface area (Å²) in [4.78, 5) is 23.5. The van der Waals surface area contributed by atoms with E-state index in [4.69, 9.17) is 10.5 Å². The number of hydrogen-bond donors (Lipinski definition) is 2. The number of carbonyl (C=O) groups excluding carboxylic acids is 2. The van der Waals surface area contributed by atoms with E-state index in [1.807, 2.05) is 0 Å². The number of nitrogens with two attached hydrogens (primary N) is 1. The molecule has 1 atom stereocenters. The number of anilines is 1. The van der Waals surface area contributed by atoms with Crippen molar-refractivity contribution in [2.45, 2.75) is 52.2 Å². The van der Waals surface area contributed by atoms with Gasteiger partial charge in [-0.15, -0.1) is 0 Å². The molecule has 1 aromatic carbocycles. The Labute approximate surface area is 125 Å². The first-order valence-corrected chi connectivity index (χ1v) is 7.31. The highest BCUT2D eigenvalue weighted by Gasteiger charge is 2.13. The van der Waals surface area contributed by atoms with Crippen LogP contribution in [-0.4, -0.2) is 24.0 Å². The maximum Gasteiger partial charge on any atom is 0.338 e. The summed E-state index contributed by atoms with van der Waals surface area (Å²) in [6.07, 6.45) is 2.44. The van der Waals surface area contributed by atoms with E-state index >= 15 is 0 Å². The van der Waals surface area contributed by atoms with Crippen molar-refractivity contribution in [3.63, 3.8) is 0 Å². The molecule has 0 bridgehead atoms. The first kappa shape index (κ1) is 17.2. The van der Waals surface area contributed by atoms with Crippen molar-refractivity contribution in [3.8, 4) is 0 Å². The molecule has 0 aliphatic rings. The molecule has 0 spiro atoms. The van der Waals surface area contributed by atoms with Crippen LogP contribution in [0.2, 0.25) is 0 Å². The SMILES string of the molecule is CCCC[C@H](N)C(=O)Nc1ccc(C(=O)OC(C)C)cc1. The standard InChI is InChI=1S/C16H24N2O3/c1-4-5-6-14(17)15(19)18-13-9-7-12(8-10-13)16(20)21-11(2)3/h7-11,14H,4-6,17H2,1-3H3,(H,18,19)/t14-/m0/s1. The summed E-state index contributed by atoms with van der Waals surface area (Å²) in [5.41, 5.74) is 6.87. The van der Waals surface area contributed by atoms with Crippen molar-refractivity contribution in [2.75, 3.05) is 5.32 Å². The second-order valence-electron chi connectivity index (χ2n) is 5.27. The Balaban J connectivity index is 2.58. The number of carbonyl (C=O) groups is 2. The molecular formula is C16H24N2O3. The van der Waals surface area contributed by atoms with Gasteiger partial charge in [0.05, 0.1) is 17.7 Å². The molecule has 5 nitrogen and oxygen atoms in total. The predicted molar refractivity (Wildman–Crippen MR) is 83.1 cm³/mol. The summed E-state index contributed by atoms with van der Waals surface area (Å²) in [5.74, 6) is -0.580. The van der Waals surface area contributed by atoms with E-state index in [-0.39, 0.29) is 18.0 Å². The van der Waals surface area contributed by atoms with E-state index in [1.165, 1.54) is 0 Å². The Morgan fingerprint density at radius 2 is 1.86 bits per heavy atom. The minimum atomic E-state index is -0.504. The second kappa shape index (κ2) is 8.42. The zero-order valence-electron chi connectivity index (χ0n) is 12.9. The van der Waals surface area contributed by atoms with Crippen LogP contribution in [-0.2, 0) is 9.53 Å². The van der Waals surface area contributed by atoms with E-state index in [0.717, 1.165) is 12.8 Å². The average Bonchev–Trinajstić information content (AvgIpc) is 2.44. The van der Waals surface area contributed by atoms with Gasteiger partial charge < -0.3 is 15.8 Å². The topological polar surface area (TPSA) is 81.4 Å². The lowest BCUT2D eigenvalue weighted by atomic mass is 10.1. The number of esters is 1. The Morgan fingerprint density at radius 1 is 1.24 bits per heavy atom. The van der Waals surface area contributed by atoms with E-state index < -0.39 is 6.04 Å². The lowest BCUT2D eigenvalue weighted by Crippen LogP contribution is -2.35. The van der Waals surface area contributed by atoms with E-state index in [1.54, 1.807) is 38.1 Å². The van der Waals surface area contributed by atoms with Gasteiger partial charge in [-0.05, 0) is 44.5 Å². The average molecular weight is 292 g/mol. The summed E-state index contributed by atoms with van der Waals surface area (Å²) in [6, 6.07) is 6.08. The third kappa shape index (κ3) is 5.95. The number of unbranched alkanes of at least 4 members (excludes halogenated alkanes) is 1. The van der Waals surface area contributed by atoms with Gasteiger partial charge in [-0.2, -0.15) is 0 Å². The zero-order chi connectivity index (χ0) is 15.8. The Hall–Kier alpha value is -1.88. The van der Waals surface area contributed by atoms with Gasteiger partial charge in [0, 0.05) is 5.69 Å². The first-order chi connectivity index (χ1) is 9.93. The van der Waals surface area contributed by atoms with Gasteiger partial charge in [-0.1, -0.05) is 19.8 Å². The van der Waals surface area contributed by atoms with Crippen molar-refractivity contribution in [2.24, 2.45) is 5.73 Å². The van der Waals surface area contributed by atoms with Crippen LogP contribution in [0.1, 0.15) is 50.4 Å². The maximum atomic E-state index is 11.9. The Bertz CT molecular complexity index is 469. The Morgan fingerprint density at radius 3 is 2.38 bits per heavy atom. The highest BCUT2D eigenvalue weighted by Crippen LogP contribution is 2.12. The van der Waals surface area contributed by atoms with Crippen LogP contribution < -0.4 is 11.1 Å². The van der Waals surface area contributed by atoms with Gasteiger partial charge in [-0.25, -0.2) is 4.79 Å². The molecule has 116 valence electrons. The van der Waals surface area contributed by atoms with Crippen molar-refractivity contribution in [1.29, 1.82) is 0 Å². The Kier molecular flexibility index (Phi) is 6.88. The molecule has 1 amide bonds. The first-order valence-electron chi connectivity index (χ1n) is 7.31. The monoisotopic (exact) mass is 292 g/mol. The molecule has 1 aromatic rings. The van der Waals surface area contributed by atoms with Crippen molar-refractivity contribution >= 4 is 17.6 Å². The number of nitrogens with one attached hydrogen (secondary N) is 1. The van der Waals surface area contributed by atoms with Crippen LogP contribution in [0.25, 0.3) is 0 Å². The minimum Gasteiger partial charge on any atom is -0.459 e. The number of hydrogen-bond acceptors (Lipinski definition) is 4. The van der Waals surface area contributed by atoms with Crippen LogP contribution >= 0.6 is 0 Å². The van der Waals surface area contributed by atoms with Gasteiger partial charge in [0.2, 0.25) is 5.91 Å². The lowest BCUT2D eigenvalue weighted by Gasteiger charge is -2.12. The normalized spacial score (nSPS) is 12.0. The highest BCUT2D eigenvalue weighted by atomic mass is 16.5. The molecule has 0 aliphatic heterocycles. The number of rotatable bonds is 7. The van der Waals surface area contributed by atoms with Crippen molar-refractivity contribution < 1.29 is 14.3 Å². The minimum absolute atomic E-state index is 0.159. The zero-order valence-corrected chi connectivity index (χ0v) is 12.9. The van der Waals surface area contributed by atoms with E-state index in [2.05, 4.69) is 12.2 Å². The van der Waals surface area contributed by atoms with E-state index in [0.29, 0.717) is 17.7 Å². The molecule has 1 rings (SSSR count). The van der Waals surface area contributed by atoms with Crippen LogP contribution in [0.4, 0.5) is 5.69 Å². The summed E-state index contributed by atoms with van der Waals surface area (Å²) in [5, 5.41) is 2.74. The molecular weight excluding hydrogens is 268 g/mol. The fourth-order valence-electron chi connectivity index (χ4n) is 1.76. The summed E-state index contributed by atoms with van der Waals surface area (Å²) in [7, 11) is 0. The summed E-state index contributed by atoms with van der Waals surface area (Å²) < 4.78 is 5.09. The fourth-order valence-corrected chi connectivity index (χ4v) is 1.76. The lowest BCUT2D eigenvalue weighted by molar-refractivity contribution is -0.117. The largest absolute Gasteiger partial charge is 0.459 e. The van der Waals surface area contributed by atoms with Crippen molar-refractivity contribution in [3.05, 3.63) is 29.8 Å². The maximum absolute atomic E-state index is 11.9. The number of benzene rings is 1. The number of ether oxygens (including phenoxy) is 1. The molecule has 5 heteroatoms. The van der Waals surface area contributed by atoms with E-state index in [9.17, 15) is 9.59 Å². The molecule has 0 radical (unpaired) electrons. The van der Waals surface area contributed by atoms with Crippen molar-refractivity contribution in [1.82, 2.24) is 0 Å². The quantitative estimate of drug-likeness (QED) is 0.757. The molecule has 0 saturated heterocycles. The predicted octanol–water partition coefficient (Wildman–Crippen LogP) is 2.71. The molecule has 0 fully saturated rings. The highest BCUT2D eigenvalue weighted by molar-refractivity contribution is 5.95. The molecule has 0 unspecified atom stereocenters. The van der Waals surface area contributed by atoms with Crippen LogP contribution in [0.15, 0.2) is 24.3 Å². The molecule has 0 saturated carbocycles. The molecule has 3 N–H and O–H groups in total. The third-order valence-electron chi connectivity index (χ3n) is 2.94. The van der Waals surface area contributed by atoms with Gasteiger partial charge in [-0.3, -0.25) is 4.79 Å². The van der Waals surface area contributed by atoms with Crippen LogP contribution in [0, 0.1) is 0 Å². The summed E-state index contributed by atoms with van der Waals surface area (Å²) >= 11 is 0. The molecule has 0 aromatic heterocycles. The molecule has 0 heterocycles. The summed E-state index contributed by atoms with van der Waals surface area (Å²) in [6.45, 7) is 5.65. The van der Waals surface area contributed by atoms with Gasteiger partial charge in [0.15, 0.2) is 0 Å². The fraction of sp³-hybridized carbons (Fsp3) is 0.500. The molecule has 21 heavy (non-hydrogen) atoms. The van der Waals surface area contributed by atoms with Crippen LogP contribution in [0.5, 0.6) is 0 Å². The van der Waals surface area contributed by atoms with Crippen LogP contribution in [0.3, 0.4) is 0 Å². The number of amides is 1.